The van der Waals surface area contributed by atoms with Gasteiger partial charge in [0.2, 0.25) is 0 Å². The Balaban J connectivity index is 3.16. The van der Waals surface area contributed by atoms with Crippen LogP contribution in [-0.2, 0) is 12.7 Å². The van der Waals surface area contributed by atoms with Gasteiger partial charge in [-0.1, -0.05) is 5.92 Å². The Morgan fingerprint density at radius 2 is 2.23 bits per heavy atom. The Bertz CT molecular complexity index is 343. The molecule has 0 unspecified atom stereocenters. The maximum absolute atomic E-state index is 12.1. The van der Waals surface area contributed by atoms with E-state index in [-0.39, 0.29) is 5.69 Å². The molecule has 2 nitrogen and oxygen atoms in total. The number of alkyl halides is 3. The molecule has 1 heterocycles. The number of nitrogens with zero attached hydrogens (tertiary/aromatic N) is 2. The van der Waals surface area contributed by atoms with Crippen molar-refractivity contribution < 1.29 is 13.2 Å². The van der Waals surface area contributed by atoms with Gasteiger partial charge in [0.1, 0.15) is 5.69 Å². The van der Waals surface area contributed by atoms with Gasteiger partial charge in [0.05, 0.1) is 0 Å². The van der Waals surface area contributed by atoms with Gasteiger partial charge in [-0.2, -0.15) is 18.3 Å². The summed E-state index contributed by atoms with van der Waals surface area (Å²) in [7, 11) is 0. The van der Waals surface area contributed by atoms with Crippen LogP contribution in [0, 0.1) is 12.3 Å². The molecule has 0 amide bonds. The average Bonchev–Trinajstić information content (AvgIpc) is 2.45. The summed E-state index contributed by atoms with van der Waals surface area (Å²) in [5.41, 5.74) is -0.794. The fraction of sp³-hybridized carbons (Fsp3) is 0.375. The Morgan fingerprint density at radius 3 is 2.54 bits per heavy atom. The van der Waals surface area contributed by atoms with Crippen molar-refractivity contribution in [3.05, 3.63) is 17.5 Å². The van der Waals surface area contributed by atoms with Gasteiger partial charge >= 0.3 is 6.18 Å². The Kier molecular flexibility index (Phi) is 2.32. The summed E-state index contributed by atoms with van der Waals surface area (Å²) in [6.45, 7) is 2.00. The molecule has 0 aliphatic heterocycles. The largest absolute Gasteiger partial charge is 0.435 e. The molecule has 0 aliphatic rings. The van der Waals surface area contributed by atoms with Crippen LogP contribution < -0.4 is 0 Å². The molecule has 0 N–H and O–H groups in total. The van der Waals surface area contributed by atoms with Gasteiger partial charge in [0, 0.05) is 12.6 Å². The SMILES string of the molecule is C#Cc1cc(C(F)(F)F)nn1CC. The normalized spacial score (nSPS) is 11.3. The second-order valence-corrected chi connectivity index (χ2v) is 2.37. The fourth-order valence-electron chi connectivity index (χ4n) is 0.913. The van der Waals surface area contributed by atoms with Crippen molar-refractivity contribution in [1.29, 1.82) is 0 Å². The lowest BCUT2D eigenvalue weighted by atomic mass is 10.3. The quantitative estimate of drug-likeness (QED) is 0.615. The van der Waals surface area contributed by atoms with Crippen LogP contribution in [0.4, 0.5) is 13.2 Å². The molecule has 0 aromatic carbocycles. The average molecular weight is 188 g/mol. The molecule has 0 atom stereocenters. The van der Waals surface area contributed by atoms with E-state index in [9.17, 15) is 13.2 Å². The van der Waals surface area contributed by atoms with Crippen LogP contribution in [0.2, 0.25) is 0 Å². The minimum atomic E-state index is -4.42. The standard InChI is InChI=1S/C8H7F3N2/c1-3-6-5-7(8(9,10)11)12-13(6)4-2/h1,5H,4H2,2H3. The number of hydrogen-bond donors (Lipinski definition) is 0. The topological polar surface area (TPSA) is 17.8 Å². The third-order valence-electron chi connectivity index (χ3n) is 1.52. The second-order valence-electron chi connectivity index (χ2n) is 2.37. The van der Waals surface area contributed by atoms with Crippen molar-refractivity contribution >= 4 is 0 Å². The summed E-state index contributed by atoms with van der Waals surface area (Å²) in [5, 5.41) is 3.32. The number of rotatable bonds is 1. The summed E-state index contributed by atoms with van der Waals surface area (Å²) in [4.78, 5) is 0. The van der Waals surface area contributed by atoms with Crippen LogP contribution in [0.25, 0.3) is 0 Å². The van der Waals surface area contributed by atoms with Crippen LogP contribution in [0.15, 0.2) is 6.07 Å². The van der Waals surface area contributed by atoms with E-state index in [4.69, 9.17) is 6.42 Å². The first-order valence-corrected chi connectivity index (χ1v) is 3.60. The van der Waals surface area contributed by atoms with Crippen molar-refractivity contribution in [2.75, 3.05) is 0 Å². The first kappa shape index (κ1) is 9.65. The molecule has 0 fully saturated rings. The van der Waals surface area contributed by atoms with Gasteiger partial charge in [-0.15, -0.1) is 6.42 Å². The Morgan fingerprint density at radius 1 is 1.62 bits per heavy atom. The third-order valence-corrected chi connectivity index (χ3v) is 1.52. The van der Waals surface area contributed by atoms with E-state index in [1.807, 2.05) is 0 Å². The summed E-state index contributed by atoms with van der Waals surface area (Å²) >= 11 is 0. The molecule has 0 saturated carbocycles. The highest BCUT2D eigenvalue weighted by molar-refractivity contribution is 5.27. The monoisotopic (exact) mass is 188 g/mol. The first-order valence-electron chi connectivity index (χ1n) is 3.60. The van der Waals surface area contributed by atoms with Gasteiger partial charge in [0.15, 0.2) is 5.69 Å². The molecule has 13 heavy (non-hydrogen) atoms. The van der Waals surface area contributed by atoms with E-state index >= 15 is 0 Å². The molecule has 0 bridgehead atoms. The van der Waals surface area contributed by atoms with E-state index in [2.05, 4.69) is 11.0 Å². The van der Waals surface area contributed by atoms with Gasteiger partial charge in [-0.3, -0.25) is 4.68 Å². The van der Waals surface area contributed by atoms with E-state index < -0.39 is 11.9 Å². The maximum Gasteiger partial charge on any atom is 0.435 e. The lowest BCUT2D eigenvalue weighted by Crippen LogP contribution is -2.07. The Labute approximate surface area is 73.4 Å². The second kappa shape index (κ2) is 3.13. The minimum absolute atomic E-state index is 0.148. The van der Waals surface area contributed by atoms with Gasteiger partial charge in [-0.05, 0) is 6.92 Å². The molecular formula is C8H7F3N2. The number of terminal acetylenes is 1. The molecule has 0 aliphatic carbocycles. The zero-order valence-electron chi connectivity index (χ0n) is 6.89. The van der Waals surface area contributed by atoms with Crippen LogP contribution in [0.3, 0.4) is 0 Å². The smallest absolute Gasteiger partial charge is 0.257 e. The lowest BCUT2D eigenvalue weighted by molar-refractivity contribution is -0.141. The van der Waals surface area contributed by atoms with Gasteiger partial charge < -0.3 is 0 Å². The molecule has 0 spiro atoms. The Hall–Kier alpha value is -1.44. The maximum atomic E-state index is 12.1. The van der Waals surface area contributed by atoms with Crippen LogP contribution in [0.5, 0.6) is 0 Å². The molecule has 1 rings (SSSR count). The molecular weight excluding hydrogens is 181 g/mol. The van der Waals surface area contributed by atoms with Crippen molar-refractivity contribution in [3.8, 4) is 12.3 Å². The zero-order chi connectivity index (χ0) is 10.1. The number of aryl methyl sites for hydroxylation is 1. The molecule has 0 saturated heterocycles. The van der Waals surface area contributed by atoms with Gasteiger partial charge in [0.25, 0.3) is 0 Å². The van der Waals surface area contributed by atoms with E-state index in [0.717, 1.165) is 10.7 Å². The third kappa shape index (κ3) is 1.83. The van der Waals surface area contributed by atoms with E-state index in [0.29, 0.717) is 6.54 Å². The van der Waals surface area contributed by atoms with Crippen LogP contribution in [-0.4, -0.2) is 9.78 Å². The molecule has 0 radical (unpaired) electrons. The van der Waals surface area contributed by atoms with Gasteiger partial charge in [-0.25, -0.2) is 0 Å². The van der Waals surface area contributed by atoms with E-state index in [1.165, 1.54) is 0 Å². The summed E-state index contributed by atoms with van der Waals surface area (Å²) in [6.07, 6.45) is 0.580. The summed E-state index contributed by atoms with van der Waals surface area (Å²) < 4.78 is 37.5. The zero-order valence-corrected chi connectivity index (χ0v) is 6.89. The highest BCUT2D eigenvalue weighted by Gasteiger charge is 2.34. The van der Waals surface area contributed by atoms with E-state index in [1.54, 1.807) is 6.92 Å². The highest BCUT2D eigenvalue weighted by Crippen LogP contribution is 2.28. The van der Waals surface area contributed by atoms with Crippen LogP contribution >= 0.6 is 0 Å². The highest BCUT2D eigenvalue weighted by atomic mass is 19.4. The van der Waals surface area contributed by atoms with Crippen molar-refractivity contribution in [2.45, 2.75) is 19.6 Å². The van der Waals surface area contributed by atoms with Crippen molar-refractivity contribution in [1.82, 2.24) is 9.78 Å². The summed E-state index contributed by atoms with van der Waals surface area (Å²) in [5.74, 6) is 2.14. The minimum Gasteiger partial charge on any atom is -0.257 e. The predicted molar refractivity (Wildman–Crippen MR) is 40.8 cm³/mol. The lowest BCUT2D eigenvalue weighted by Gasteiger charge is -2.00. The van der Waals surface area contributed by atoms with Crippen molar-refractivity contribution in [2.24, 2.45) is 0 Å². The molecule has 1 aromatic rings. The predicted octanol–water partition coefficient (Wildman–Crippen LogP) is 1.90. The summed E-state index contributed by atoms with van der Waals surface area (Å²) in [6, 6.07) is 0.865. The number of aromatic nitrogens is 2. The van der Waals surface area contributed by atoms with Crippen molar-refractivity contribution in [3.63, 3.8) is 0 Å². The number of hydrogen-bond acceptors (Lipinski definition) is 1. The first-order chi connectivity index (χ1) is 5.99. The molecule has 1 aromatic heterocycles. The molecule has 70 valence electrons. The van der Waals surface area contributed by atoms with Crippen LogP contribution in [0.1, 0.15) is 18.3 Å². The molecule has 5 heteroatoms. The number of halogens is 3. The fourth-order valence-corrected chi connectivity index (χ4v) is 0.913.